The lowest BCUT2D eigenvalue weighted by molar-refractivity contribution is -0.113. The van der Waals surface area contributed by atoms with Gasteiger partial charge < -0.3 is 5.32 Å². The molecule has 102 valence electrons. The highest BCUT2D eigenvalue weighted by molar-refractivity contribution is 7.80. The maximum Gasteiger partial charge on any atom is 0.281 e. The molecule has 7 heteroatoms. The van der Waals surface area contributed by atoms with Gasteiger partial charge in [-0.15, -0.1) is 11.3 Å². The number of thiophene rings is 1. The molecular weight excluding hydrogens is 292 g/mol. The number of hydrogen-bond acceptors (Lipinski definition) is 4. The van der Waals surface area contributed by atoms with Gasteiger partial charge in [-0.2, -0.15) is 5.10 Å². The summed E-state index contributed by atoms with van der Waals surface area (Å²) in [5.41, 5.74) is 1.97. The van der Waals surface area contributed by atoms with Gasteiger partial charge in [0.05, 0.1) is 11.4 Å². The number of carbonyl (C=O) groups is 1. The van der Waals surface area contributed by atoms with Crippen LogP contribution in [0, 0.1) is 6.92 Å². The molecule has 0 unspecified atom stereocenters. The van der Waals surface area contributed by atoms with E-state index >= 15 is 0 Å². The van der Waals surface area contributed by atoms with Crippen molar-refractivity contribution in [3.63, 3.8) is 0 Å². The van der Waals surface area contributed by atoms with E-state index in [2.05, 4.69) is 10.4 Å². The predicted molar refractivity (Wildman–Crippen MR) is 83.5 cm³/mol. The highest BCUT2D eigenvalue weighted by Crippen LogP contribution is 2.25. The maximum absolute atomic E-state index is 12.5. The molecule has 1 amide bonds. The van der Waals surface area contributed by atoms with E-state index < -0.39 is 0 Å². The number of rotatable bonds is 2. The highest BCUT2D eigenvalue weighted by Gasteiger charge is 2.33. The van der Waals surface area contributed by atoms with E-state index in [4.69, 9.17) is 12.2 Å². The first kappa shape index (κ1) is 13.0. The minimum absolute atomic E-state index is 0.153. The van der Waals surface area contributed by atoms with Gasteiger partial charge in [-0.3, -0.25) is 9.48 Å². The van der Waals surface area contributed by atoms with Crippen molar-refractivity contribution in [1.82, 2.24) is 15.1 Å². The summed E-state index contributed by atoms with van der Waals surface area (Å²) in [7, 11) is 1.82. The van der Waals surface area contributed by atoms with Gasteiger partial charge in [0, 0.05) is 18.1 Å². The van der Waals surface area contributed by atoms with Crippen molar-refractivity contribution in [3.05, 3.63) is 40.0 Å². The lowest BCUT2D eigenvalue weighted by Gasteiger charge is -2.11. The third kappa shape index (κ3) is 2.14. The smallest absolute Gasteiger partial charge is 0.281 e. The molecule has 0 aromatic carbocycles. The Bertz CT molecular complexity index is 715. The van der Waals surface area contributed by atoms with Crippen LogP contribution >= 0.6 is 23.6 Å². The molecule has 0 radical (unpaired) electrons. The average molecular weight is 304 g/mol. The topological polar surface area (TPSA) is 50.2 Å². The van der Waals surface area contributed by atoms with Gasteiger partial charge in [0.2, 0.25) is 0 Å². The summed E-state index contributed by atoms with van der Waals surface area (Å²) in [4.78, 5) is 15.0. The van der Waals surface area contributed by atoms with Crippen LogP contribution in [0.15, 0.2) is 29.4 Å². The lowest BCUT2D eigenvalue weighted by Crippen LogP contribution is -2.30. The third-order valence-corrected chi connectivity index (χ3v) is 4.04. The second-order valence-electron chi connectivity index (χ2n) is 4.42. The molecule has 3 rings (SSSR count). The Hall–Kier alpha value is -1.99. The minimum Gasteiger partial charge on any atom is -0.327 e. The summed E-state index contributed by atoms with van der Waals surface area (Å²) in [6, 6.07) is 3.89. The Kier molecular flexibility index (Phi) is 3.15. The average Bonchev–Trinajstić information content (AvgIpc) is 3.05. The van der Waals surface area contributed by atoms with Crippen molar-refractivity contribution in [1.29, 1.82) is 0 Å². The molecule has 20 heavy (non-hydrogen) atoms. The first-order valence-corrected chi connectivity index (χ1v) is 7.26. The van der Waals surface area contributed by atoms with Crippen LogP contribution in [0.4, 0.5) is 5.69 Å². The van der Waals surface area contributed by atoms with Crippen molar-refractivity contribution < 1.29 is 4.79 Å². The molecule has 1 N–H and O–H groups in total. The molecule has 1 fully saturated rings. The zero-order valence-corrected chi connectivity index (χ0v) is 12.6. The Balaban J connectivity index is 1.97. The van der Waals surface area contributed by atoms with Gasteiger partial charge in [-0.1, -0.05) is 6.07 Å². The molecule has 3 heterocycles. The normalized spacial score (nSPS) is 17.1. The van der Waals surface area contributed by atoms with E-state index in [0.717, 1.165) is 10.6 Å². The van der Waals surface area contributed by atoms with Gasteiger partial charge in [0.1, 0.15) is 5.70 Å². The zero-order valence-electron chi connectivity index (χ0n) is 11.0. The van der Waals surface area contributed by atoms with Crippen LogP contribution in [0.1, 0.15) is 10.6 Å². The summed E-state index contributed by atoms with van der Waals surface area (Å²) < 4.78 is 1.67. The number of aromatic nitrogens is 2. The van der Waals surface area contributed by atoms with Crippen molar-refractivity contribution >= 4 is 46.3 Å². The van der Waals surface area contributed by atoms with Crippen molar-refractivity contribution in [2.75, 3.05) is 4.90 Å². The molecule has 0 bridgehead atoms. The van der Waals surface area contributed by atoms with Gasteiger partial charge >= 0.3 is 0 Å². The van der Waals surface area contributed by atoms with Gasteiger partial charge in [-0.05, 0) is 36.7 Å². The fourth-order valence-electron chi connectivity index (χ4n) is 2.08. The fourth-order valence-corrected chi connectivity index (χ4v) is 3.02. The van der Waals surface area contributed by atoms with Crippen LogP contribution in [0.25, 0.3) is 6.08 Å². The molecule has 2 aromatic rings. The van der Waals surface area contributed by atoms with Crippen molar-refractivity contribution in [3.8, 4) is 0 Å². The van der Waals surface area contributed by atoms with Crippen LogP contribution in [-0.4, -0.2) is 20.8 Å². The first-order valence-electron chi connectivity index (χ1n) is 5.97. The van der Waals surface area contributed by atoms with E-state index in [0.29, 0.717) is 16.5 Å². The van der Waals surface area contributed by atoms with Crippen molar-refractivity contribution in [2.24, 2.45) is 7.05 Å². The summed E-state index contributed by atoms with van der Waals surface area (Å²) >= 11 is 6.83. The van der Waals surface area contributed by atoms with Gasteiger partial charge in [0.15, 0.2) is 5.11 Å². The highest BCUT2D eigenvalue weighted by atomic mass is 32.1. The molecule has 0 spiro atoms. The van der Waals surface area contributed by atoms with Crippen LogP contribution < -0.4 is 10.2 Å². The summed E-state index contributed by atoms with van der Waals surface area (Å²) in [6.07, 6.45) is 3.60. The second kappa shape index (κ2) is 4.84. The van der Waals surface area contributed by atoms with Crippen LogP contribution in [0.3, 0.4) is 0 Å². The lowest BCUT2D eigenvalue weighted by atomic mass is 10.3. The van der Waals surface area contributed by atoms with E-state index in [1.807, 2.05) is 37.6 Å². The van der Waals surface area contributed by atoms with E-state index in [-0.39, 0.29) is 5.91 Å². The molecule has 1 aliphatic rings. The largest absolute Gasteiger partial charge is 0.327 e. The molecular formula is C13H12N4OS2. The number of hydrogen-bond donors (Lipinski definition) is 1. The molecule has 1 aliphatic heterocycles. The number of nitrogens with one attached hydrogen (secondary N) is 1. The summed E-state index contributed by atoms with van der Waals surface area (Å²) in [5.74, 6) is -0.153. The number of anilines is 1. The minimum atomic E-state index is -0.153. The number of thiocarbonyl (C=S) groups is 1. The Morgan fingerprint density at radius 2 is 2.30 bits per heavy atom. The fraction of sp³-hybridized carbons (Fsp3) is 0.154. The number of amides is 1. The Morgan fingerprint density at radius 3 is 2.90 bits per heavy atom. The number of carbonyl (C=O) groups excluding carboxylic acids is 1. The van der Waals surface area contributed by atoms with Crippen LogP contribution in [0.2, 0.25) is 0 Å². The van der Waals surface area contributed by atoms with Gasteiger partial charge in [-0.25, -0.2) is 4.90 Å². The van der Waals surface area contributed by atoms with Gasteiger partial charge in [0.25, 0.3) is 5.91 Å². The summed E-state index contributed by atoms with van der Waals surface area (Å²) in [6.45, 7) is 1.85. The monoisotopic (exact) mass is 304 g/mol. The van der Waals surface area contributed by atoms with E-state index in [1.165, 1.54) is 4.90 Å². The predicted octanol–water partition coefficient (Wildman–Crippen LogP) is 2.05. The SMILES string of the molecule is Cc1nn(C)cc1N1C(=O)/C(=C\c2cccs2)NC1=S. The van der Waals surface area contributed by atoms with Crippen LogP contribution in [0.5, 0.6) is 0 Å². The molecule has 2 aromatic heterocycles. The third-order valence-electron chi connectivity index (χ3n) is 2.94. The second-order valence-corrected chi connectivity index (χ2v) is 5.78. The number of nitrogens with zero attached hydrogens (tertiary/aromatic N) is 3. The zero-order chi connectivity index (χ0) is 14.3. The van der Waals surface area contributed by atoms with E-state index in [9.17, 15) is 4.79 Å². The Morgan fingerprint density at radius 1 is 1.50 bits per heavy atom. The summed E-state index contributed by atoms with van der Waals surface area (Å²) in [5, 5.41) is 9.56. The Labute approximate surface area is 125 Å². The maximum atomic E-state index is 12.5. The quantitative estimate of drug-likeness (QED) is 0.681. The molecule has 0 atom stereocenters. The van der Waals surface area contributed by atoms with Crippen molar-refractivity contribution in [2.45, 2.75) is 6.92 Å². The standard InChI is InChI=1S/C13H12N4OS2/c1-8-11(7-16(2)15-8)17-12(18)10(14-13(17)19)6-9-4-3-5-20-9/h3-7H,1-2H3,(H,14,19)/b10-6+. The molecule has 0 saturated carbocycles. The first-order chi connectivity index (χ1) is 9.56. The van der Waals surface area contributed by atoms with E-state index in [1.54, 1.807) is 22.2 Å². The number of aryl methyl sites for hydroxylation is 2. The van der Waals surface area contributed by atoms with Crippen LogP contribution in [-0.2, 0) is 11.8 Å². The molecule has 0 aliphatic carbocycles. The molecule has 1 saturated heterocycles. The molecule has 5 nitrogen and oxygen atoms in total.